The number of aromatic amines is 1. The number of halogens is 2. The molecule has 170 valence electrons. The number of pyridine rings is 1. The zero-order valence-corrected chi connectivity index (χ0v) is 18.4. The first-order valence-electron chi connectivity index (χ1n) is 11.1. The average Bonchev–Trinajstić information content (AvgIpc) is 3.39. The number of anilines is 1. The topological polar surface area (TPSA) is 66.3 Å². The first kappa shape index (κ1) is 20.5. The van der Waals surface area contributed by atoms with E-state index >= 15 is 0 Å². The summed E-state index contributed by atoms with van der Waals surface area (Å²) in [6.45, 7) is 1.60. The number of H-pyrrole nitrogens is 1. The predicted octanol–water partition coefficient (Wildman–Crippen LogP) is 5.06. The van der Waals surface area contributed by atoms with Crippen molar-refractivity contribution in [2.45, 2.75) is 19.3 Å². The maximum Gasteiger partial charge on any atom is 0.282 e. The third-order valence-corrected chi connectivity index (χ3v) is 6.37. The number of aromatic nitrogens is 4. The van der Waals surface area contributed by atoms with Gasteiger partial charge < -0.3 is 9.88 Å². The number of benzene rings is 2. The van der Waals surface area contributed by atoms with Crippen molar-refractivity contribution in [3.8, 4) is 22.4 Å². The Balaban J connectivity index is 1.60. The smallest absolute Gasteiger partial charge is 0.282 e. The van der Waals surface area contributed by atoms with Crippen LogP contribution in [0, 0.1) is 6.92 Å². The molecular weight excluding hydrogens is 436 g/mol. The number of nitrogens with zero attached hydrogens (tertiary/aromatic N) is 4. The highest BCUT2D eigenvalue weighted by Gasteiger charge is 2.40. The Morgan fingerprint density at radius 2 is 1.85 bits per heavy atom. The van der Waals surface area contributed by atoms with Gasteiger partial charge in [0.25, 0.3) is 11.5 Å². The molecule has 5 aromatic rings. The molecule has 6 nitrogen and oxygen atoms in total. The first-order chi connectivity index (χ1) is 16.4. The quantitative estimate of drug-likeness (QED) is 0.411. The molecule has 1 saturated heterocycles. The standard InChI is InChI=1S/C26H21F2N5O/c1-16-21(19-9-10-20-18(14-19)8-5-12-29-20)25(34)33-24(30-16)23(32-13-11-26(27,28)15-32)22(31-33)17-6-3-2-4-7-17/h2-10,12,14,30H,11,13,15H2,1H3. The second kappa shape index (κ2) is 7.48. The lowest BCUT2D eigenvalue weighted by Gasteiger charge is -2.19. The molecule has 34 heavy (non-hydrogen) atoms. The van der Waals surface area contributed by atoms with Crippen LogP contribution < -0.4 is 10.5 Å². The van der Waals surface area contributed by atoms with E-state index in [0.29, 0.717) is 28.3 Å². The number of hydrogen-bond donors (Lipinski definition) is 1. The second-order valence-corrected chi connectivity index (χ2v) is 8.69. The third kappa shape index (κ3) is 3.25. The highest BCUT2D eigenvalue weighted by Crippen LogP contribution is 2.39. The van der Waals surface area contributed by atoms with Gasteiger partial charge in [-0.05, 0) is 30.7 Å². The van der Waals surface area contributed by atoms with Gasteiger partial charge in [-0.1, -0.05) is 42.5 Å². The molecule has 0 saturated carbocycles. The van der Waals surface area contributed by atoms with Crippen molar-refractivity contribution in [3.63, 3.8) is 0 Å². The van der Waals surface area contributed by atoms with Crippen molar-refractivity contribution < 1.29 is 8.78 Å². The van der Waals surface area contributed by atoms with Crippen molar-refractivity contribution >= 4 is 22.2 Å². The number of alkyl halides is 2. The normalized spacial score (nSPS) is 15.4. The van der Waals surface area contributed by atoms with Gasteiger partial charge in [0.1, 0.15) is 11.4 Å². The van der Waals surface area contributed by atoms with Gasteiger partial charge in [0.15, 0.2) is 5.65 Å². The van der Waals surface area contributed by atoms with Crippen LogP contribution in [0.2, 0.25) is 0 Å². The van der Waals surface area contributed by atoms with Crippen LogP contribution in [0.15, 0.2) is 71.7 Å². The van der Waals surface area contributed by atoms with Gasteiger partial charge in [-0.3, -0.25) is 9.78 Å². The number of nitrogens with one attached hydrogen (secondary N) is 1. The molecule has 0 unspecified atom stereocenters. The van der Waals surface area contributed by atoms with Gasteiger partial charge in [0.05, 0.1) is 17.6 Å². The van der Waals surface area contributed by atoms with E-state index in [0.717, 1.165) is 22.0 Å². The summed E-state index contributed by atoms with van der Waals surface area (Å²) in [4.78, 5) is 23.0. The van der Waals surface area contributed by atoms with Crippen molar-refractivity contribution in [1.29, 1.82) is 0 Å². The lowest BCUT2D eigenvalue weighted by atomic mass is 10.0. The summed E-state index contributed by atoms with van der Waals surface area (Å²) in [6.07, 6.45) is 1.50. The van der Waals surface area contributed by atoms with Gasteiger partial charge in [0.2, 0.25) is 0 Å². The SMILES string of the molecule is Cc1[nH]c2c(N3CCC(F)(F)C3)c(-c3ccccc3)nn2c(=O)c1-c1ccc2ncccc2c1. The maximum absolute atomic E-state index is 14.1. The van der Waals surface area contributed by atoms with E-state index in [-0.39, 0.29) is 18.5 Å². The van der Waals surface area contributed by atoms with Crippen molar-refractivity contribution in [3.05, 3.63) is 82.9 Å². The van der Waals surface area contributed by atoms with E-state index in [9.17, 15) is 13.6 Å². The monoisotopic (exact) mass is 457 g/mol. The van der Waals surface area contributed by atoms with Crippen LogP contribution in [0.4, 0.5) is 14.5 Å². The fourth-order valence-electron chi connectivity index (χ4n) is 4.76. The van der Waals surface area contributed by atoms with Crippen LogP contribution in [-0.2, 0) is 0 Å². The summed E-state index contributed by atoms with van der Waals surface area (Å²) in [5.74, 6) is -2.78. The van der Waals surface area contributed by atoms with Crippen molar-refractivity contribution in [2.75, 3.05) is 18.0 Å². The Hall–Kier alpha value is -4.07. The summed E-state index contributed by atoms with van der Waals surface area (Å²) in [6, 6.07) is 18.8. The van der Waals surface area contributed by atoms with Crippen LogP contribution in [0.25, 0.3) is 38.9 Å². The Labute approximate surface area is 193 Å². The van der Waals surface area contributed by atoms with Crippen LogP contribution >= 0.6 is 0 Å². The minimum Gasteiger partial charge on any atom is -0.360 e. The van der Waals surface area contributed by atoms with Crippen LogP contribution in [0.5, 0.6) is 0 Å². The van der Waals surface area contributed by atoms with Crippen LogP contribution in [-0.4, -0.2) is 38.6 Å². The number of hydrogen-bond acceptors (Lipinski definition) is 4. The minimum absolute atomic E-state index is 0.189. The van der Waals surface area contributed by atoms with Gasteiger partial charge >= 0.3 is 0 Å². The number of fused-ring (bicyclic) bond motifs is 2. The minimum atomic E-state index is -2.78. The van der Waals surface area contributed by atoms with E-state index < -0.39 is 12.5 Å². The molecule has 0 atom stereocenters. The molecule has 8 heteroatoms. The molecule has 0 bridgehead atoms. The average molecular weight is 457 g/mol. The molecule has 0 spiro atoms. The van der Waals surface area contributed by atoms with Gasteiger partial charge in [-0.2, -0.15) is 9.61 Å². The molecule has 3 aromatic heterocycles. The highest BCUT2D eigenvalue weighted by molar-refractivity contribution is 5.88. The maximum atomic E-state index is 14.1. The third-order valence-electron chi connectivity index (χ3n) is 6.37. The molecular formula is C26H21F2N5O. The van der Waals surface area contributed by atoms with Gasteiger partial charge in [-0.15, -0.1) is 0 Å². The van der Waals surface area contributed by atoms with Gasteiger partial charge in [0, 0.05) is 35.8 Å². The summed E-state index contributed by atoms with van der Waals surface area (Å²) in [7, 11) is 0. The van der Waals surface area contributed by atoms with E-state index in [2.05, 4.69) is 15.1 Å². The second-order valence-electron chi connectivity index (χ2n) is 8.69. The molecule has 1 aliphatic heterocycles. The lowest BCUT2D eigenvalue weighted by molar-refractivity contribution is 0.0257. The highest BCUT2D eigenvalue weighted by atomic mass is 19.3. The fraction of sp³-hybridized carbons (Fsp3) is 0.192. The molecule has 4 heterocycles. The van der Waals surface area contributed by atoms with E-state index in [1.807, 2.05) is 67.6 Å². The van der Waals surface area contributed by atoms with Crippen LogP contribution in [0.1, 0.15) is 12.1 Å². The first-order valence-corrected chi connectivity index (χ1v) is 11.1. The number of aryl methyl sites for hydroxylation is 1. The van der Waals surface area contributed by atoms with Crippen molar-refractivity contribution in [1.82, 2.24) is 19.6 Å². The predicted molar refractivity (Wildman–Crippen MR) is 128 cm³/mol. The van der Waals surface area contributed by atoms with E-state index in [1.165, 1.54) is 4.52 Å². The van der Waals surface area contributed by atoms with E-state index in [1.54, 1.807) is 11.1 Å². The van der Waals surface area contributed by atoms with Crippen molar-refractivity contribution in [2.24, 2.45) is 0 Å². The Kier molecular flexibility index (Phi) is 4.52. The molecule has 0 aliphatic carbocycles. The number of rotatable bonds is 3. The summed E-state index contributed by atoms with van der Waals surface area (Å²) >= 11 is 0. The molecule has 0 radical (unpaired) electrons. The molecule has 6 rings (SSSR count). The Bertz CT molecular complexity index is 1610. The van der Waals surface area contributed by atoms with Crippen LogP contribution in [0.3, 0.4) is 0 Å². The molecule has 1 aliphatic rings. The summed E-state index contributed by atoms with van der Waals surface area (Å²) < 4.78 is 29.6. The van der Waals surface area contributed by atoms with Gasteiger partial charge in [-0.25, -0.2) is 8.78 Å². The Morgan fingerprint density at radius 3 is 2.62 bits per heavy atom. The molecule has 1 fully saturated rings. The lowest BCUT2D eigenvalue weighted by Crippen LogP contribution is -2.26. The molecule has 1 N–H and O–H groups in total. The summed E-state index contributed by atoms with van der Waals surface area (Å²) in [5, 5.41) is 5.56. The summed E-state index contributed by atoms with van der Waals surface area (Å²) in [5.41, 5.74) is 4.63. The zero-order chi connectivity index (χ0) is 23.4. The molecule has 0 amide bonds. The largest absolute Gasteiger partial charge is 0.360 e. The van der Waals surface area contributed by atoms with E-state index in [4.69, 9.17) is 0 Å². The fourth-order valence-corrected chi connectivity index (χ4v) is 4.76. The Morgan fingerprint density at radius 1 is 1.03 bits per heavy atom. The zero-order valence-electron chi connectivity index (χ0n) is 18.4. The molecule has 2 aromatic carbocycles.